The molecule has 1 aromatic heterocycles. The molecule has 139 valence electrons. The monoisotopic (exact) mass is 377 g/mol. The van der Waals surface area contributed by atoms with E-state index < -0.39 is 16.1 Å². The van der Waals surface area contributed by atoms with Crippen molar-refractivity contribution in [2.45, 2.75) is 24.4 Å². The summed E-state index contributed by atoms with van der Waals surface area (Å²) in [6.45, 7) is 1.65. The first-order valence-electron chi connectivity index (χ1n) is 8.59. The lowest BCUT2D eigenvalue weighted by atomic mass is 9.93. The molecule has 0 bridgehead atoms. The van der Waals surface area contributed by atoms with Crippen LogP contribution in [0.3, 0.4) is 0 Å². The molecule has 0 aromatic carbocycles. The van der Waals surface area contributed by atoms with Crippen LogP contribution >= 0.6 is 0 Å². The fraction of sp³-hybridized carbons (Fsp3) is 0.471. The molecule has 4 rings (SSSR count). The normalized spacial score (nSPS) is 24.9. The maximum Gasteiger partial charge on any atom is 0.234 e. The van der Waals surface area contributed by atoms with E-state index in [0.717, 1.165) is 18.4 Å². The lowest BCUT2D eigenvalue weighted by Crippen LogP contribution is -2.47. The van der Waals surface area contributed by atoms with Gasteiger partial charge in [0.25, 0.3) is 0 Å². The average Bonchev–Trinajstić information content (AvgIpc) is 3.34. The summed E-state index contributed by atoms with van der Waals surface area (Å²) in [6, 6.07) is 3.54. The van der Waals surface area contributed by atoms with Crippen LogP contribution in [-0.4, -0.2) is 49.2 Å². The standard InChI is InChI=1S/C17H21N4O4S/c22-26(23)17(14-1-5-18-6-2-14)20-8-3-13(4-9-20)16-19-7-10-21(16)15-11-24-12-25-15/h1-2,5-6,10-11,13,16-17,19,26H,3-4,8-9,12H2. The molecule has 0 amide bonds. The number of piperidine rings is 1. The summed E-state index contributed by atoms with van der Waals surface area (Å²) >= 11 is 0. The molecule has 1 radical (unpaired) electrons. The third kappa shape index (κ3) is 3.36. The van der Waals surface area contributed by atoms with Crippen molar-refractivity contribution in [3.8, 4) is 0 Å². The summed E-state index contributed by atoms with van der Waals surface area (Å²) in [4.78, 5) is 7.99. The summed E-state index contributed by atoms with van der Waals surface area (Å²) in [7, 11) is -2.60. The Hall–Kier alpha value is -2.26. The number of hydrogen-bond acceptors (Lipinski definition) is 8. The van der Waals surface area contributed by atoms with Gasteiger partial charge in [0.1, 0.15) is 17.8 Å². The van der Waals surface area contributed by atoms with E-state index in [1.807, 2.05) is 16.0 Å². The molecule has 1 saturated heterocycles. The first kappa shape index (κ1) is 17.2. The first-order valence-corrected chi connectivity index (χ1v) is 9.83. The maximum atomic E-state index is 11.9. The van der Waals surface area contributed by atoms with Gasteiger partial charge in [0.15, 0.2) is 10.7 Å². The van der Waals surface area contributed by atoms with E-state index in [9.17, 15) is 8.42 Å². The summed E-state index contributed by atoms with van der Waals surface area (Å²) in [5, 5.41) is 2.65. The molecule has 0 saturated carbocycles. The van der Waals surface area contributed by atoms with Crippen LogP contribution in [0.15, 0.2) is 42.9 Å². The Morgan fingerprint density at radius 3 is 2.69 bits per heavy atom. The Kier molecular flexibility index (Phi) is 4.98. The molecule has 2 unspecified atom stereocenters. The predicted octanol–water partition coefficient (Wildman–Crippen LogP) is 0.712. The smallest absolute Gasteiger partial charge is 0.234 e. The number of hydrogen-bond donors (Lipinski definition) is 2. The van der Waals surface area contributed by atoms with Crippen LogP contribution in [0.4, 0.5) is 0 Å². The molecule has 3 aliphatic heterocycles. The second kappa shape index (κ2) is 7.55. The molecule has 0 aliphatic carbocycles. The SMILES string of the molecule is O=[SH](=O)C(c1ccncc1)N1CCC(C2N[C]=CN2C2=COCO2)CC1. The molecule has 1 aromatic rings. The average molecular weight is 377 g/mol. The van der Waals surface area contributed by atoms with Gasteiger partial charge in [-0.05, 0) is 30.5 Å². The predicted molar refractivity (Wildman–Crippen MR) is 93.3 cm³/mol. The number of pyridine rings is 1. The number of rotatable bonds is 5. The quantitative estimate of drug-likeness (QED) is 0.726. The molecule has 26 heavy (non-hydrogen) atoms. The van der Waals surface area contributed by atoms with Crippen molar-refractivity contribution in [1.82, 2.24) is 20.1 Å². The molecular formula is C17H21N4O4S. The number of nitrogens with one attached hydrogen (secondary N) is 1. The Labute approximate surface area is 154 Å². The zero-order valence-corrected chi connectivity index (χ0v) is 15.0. The van der Waals surface area contributed by atoms with Gasteiger partial charge in [0.05, 0.1) is 6.20 Å². The van der Waals surface area contributed by atoms with Gasteiger partial charge in [-0.25, -0.2) is 8.42 Å². The zero-order valence-electron chi connectivity index (χ0n) is 14.2. The second-order valence-corrected chi connectivity index (χ2v) is 7.53. The van der Waals surface area contributed by atoms with E-state index in [2.05, 4.69) is 16.5 Å². The van der Waals surface area contributed by atoms with Crippen LogP contribution in [0, 0.1) is 12.1 Å². The Balaban J connectivity index is 1.42. The van der Waals surface area contributed by atoms with E-state index in [1.165, 1.54) is 0 Å². The van der Waals surface area contributed by atoms with Crippen molar-refractivity contribution < 1.29 is 17.9 Å². The van der Waals surface area contributed by atoms with Gasteiger partial charge < -0.3 is 14.8 Å². The van der Waals surface area contributed by atoms with Crippen molar-refractivity contribution in [2.24, 2.45) is 5.92 Å². The van der Waals surface area contributed by atoms with Gasteiger partial charge in [0, 0.05) is 37.6 Å². The van der Waals surface area contributed by atoms with Gasteiger partial charge in [-0.15, -0.1) is 0 Å². The third-order valence-corrected chi connectivity index (χ3v) is 6.04. The van der Waals surface area contributed by atoms with Gasteiger partial charge in [0.2, 0.25) is 12.7 Å². The minimum atomic E-state index is -2.60. The van der Waals surface area contributed by atoms with Crippen molar-refractivity contribution in [3.05, 3.63) is 54.6 Å². The fourth-order valence-electron chi connectivity index (χ4n) is 3.74. The molecule has 1 fully saturated rings. The summed E-state index contributed by atoms with van der Waals surface area (Å²) in [6.07, 6.45) is 11.5. The topological polar surface area (TPSA) is 84.0 Å². The molecular weight excluding hydrogens is 356 g/mol. The number of ether oxygens (including phenoxy) is 2. The van der Waals surface area contributed by atoms with Gasteiger partial charge in [-0.1, -0.05) is 0 Å². The van der Waals surface area contributed by atoms with Gasteiger partial charge in [-0.2, -0.15) is 0 Å². The Bertz CT molecular complexity index is 751. The van der Waals surface area contributed by atoms with Crippen LogP contribution in [0.2, 0.25) is 0 Å². The van der Waals surface area contributed by atoms with Crippen molar-refractivity contribution in [1.29, 1.82) is 0 Å². The maximum absolute atomic E-state index is 11.9. The third-order valence-electron chi connectivity index (χ3n) is 5.02. The highest BCUT2D eigenvalue weighted by Crippen LogP contribution is 2.32. The largest absolute Gasteiger partial charge is 0.459 e. The van der Waals surface area contributed by atoms with E-state index in [1.54, 1.807) is 30.8 Å². The first-order chi connectivity index (χ1) is 12.7. The van der Waals surface area contributed by atoms with Crippen LogP contribution in [-0.2, 0) is 20.2 Å². The Morgan fingerprint density at radius 2 is 2.04 bits per heavy atom. The van der Waals surface area contributed by atoms with E-state index in [0.29, 0.717) is 24.9 Å². The minimum absolute atomic E-state index is 0.0467. The van der Waals surface area contributed by atoms with Crippen molar-refractivity contribution >= 4 is 10.7 Å². The number of aromatic nitrogens is 1. The van der Waals surface area contributed by atoms with E-state index in [-0.39, 0.29) is 13.0 Å². The molecule has 9 heteroatoms. The number of nitrogens with zero attached hydrogens (tertiary/aromatic N) is 3. The Morgan fingerprint density at radius 1 is 1.27 bits per heavy atom. The highest BCUT2D eigenvalue weighted by atomic mass is 32.2. The lowest BCUT2D eigenvalue weighted by molar-refractivity contribution is 0.0368. The minimum Gasteiger partial charge on any atom is -0.459 e. The molecule has 8 nitrogen and oxygen atoms in total. The lowest BCUT2D eigenvalue weighted by Gasteiger charge is -2.39. The van der Waals surface area contributed by atoms with Crippen molar-refractivity contribution in [3.63, 3.8) is 0 Å². The molecule has 4 heterocycles. The molecule has 3 aliphatic rings. The highest BCUT2D eigenvalue weighted by molar-refractivity contribution is 7.72. The molecule has 1 N–H and O–H groups in total. The van der Waals surface area contributed by atoms with E-state index in [4.69, 9.17) is 9.47 Å². The zero-order chi connectivity index (χ0) is 17.9. The second-order valence-electron chi connectivity index (χ2n) is 6.47. The van der Waals surface area contributed by atoms with Gasteiger partial charge >= 0.3 is 0 Å². The van der Waals surface area contributed by atoms with Crippen LogP contribution in [0.1, 0.15) is 23.8 Å². The number of thiol groups is 1. The molecule has 0 spiro atoms. The summed E-state index contributed by atoms with van der Waals surface area (Å²) < 4.78 is 34.3. The van der Waals surface area contributed by atoms with Crippen molar-refractivity contribution in [2.75, 3.05) is 19.9 Å². The fourth-order valence-corrected chi connectivity index (χ4v) is 4.65. The summed E-state index contributed by atoms with van der Waals surface area (Å²) in [5.74, 6) is 1.03. The van der Waals surface area contributed by atoms with Crippen LogP contribution in [0.5, 0.6) is 0 Å². The highest BCUT2D eigenvalue weighted by Gasteiger charge is 2.36. The summed E-state index contributed by atoms with van der Waals surface area (Å²) in [5.41, 5.74) is 0.770. The van der Waals surface area contributed by atoms with Crippen LogP contribution in [0.25, 0.3) is 0 Å². The van der Waals surface area contributed by atoms with Crippen LogP contribution < -0.4 is 5.32 Å². The molecule has 2 atom stereocenters. The van der Waals surface area contributed by atoms with Gasteiger partial charge in [-0.3, -0.25) is 14.8 Å². The number of likely N-dealkylation sites (tertiary alicyclic amines) is 1. The van der Waals surface area contributed by atoms with E-state index >= 15 is 0 Å².